The Bertz CT molecular complexity index is 747. The van der Waals surface area contributed by atoms with E-state index < -0.39 is 0 Å². The average molecular weight is 588 g/mol. The fourth-order valence-electron chi connectivity index (χ4n) is 3.08. The van der Waals surface area contributed by atoms with Crippen LogP contribution in [0.15, 0.2) is 17.9 Å². The highest BCUT2D eigenvalue weighted by Gasteiger charge is 2.27. The Hall–Kier alpha value is -0.120. The van der Waals surface area contributed by atoms with Gasteiger partial charge >= 0.3 is 0 Å². The number of nitrogens with zero attached hydrogens (tertiary/aromatic N) is 1. The minimum Gasteiger partial charge on any atom is -0.352 e. The van der Waals surface area contributed by atoms with E-state index >= 15 is 0 Å². The van der Waals surface area contributed by atoms with Gasteiger partial charge in [-0.15, -0.1) is 0 Å². The minimum atomic E-state index is 0.0108. The molecule has 1 aliphatic rings. The van der Waals surface area contributed by atoms with E-state index in [-0.39, 0.29) is 18.0 Å². The van der Waals surface area contributed by atoms with Crippen LogP contribution in [-0.4, -0.2) is 28.0 Å². The van der Waals surface area contributed by atoms with Crippen LogP contribution >= 0.6 is 63.7 Å². The largest absolute Gasteiger partial charge is 0.352 e. The van der Waals surface area contributed by atoms with Crippen LogP contribution in [0.5, 0.6) is 0 Å². The first-order valence-electron chi connectivity index (χ1n) is 7.63. The molecule has 0 saturated heterocycles. The summed E-state index contributed by atoms with van der Waals surface area (Å²) >= 11 is 14.3. The van der Waals surface area contributed by atoms with Crippen LogP contribution in [0.3, 0.4) is 0 Å². The number of imidazole rings is 1. The van der Waals surface area contributed by atoms with Crippen molar-refractivity contribution in [2.24, 2.45) is 0 Å². The van der Waals surface area contributed by atoms with E-state index in [1.165, 1.54) is 0 Å². The smallest absolute Gasteiger partial charge is 0.217 e. The van der Waals surface area contributed by atoms with Gasteiger partial charge in [-0.2, -0.15) is 0 Å². The molecule has 1 aliphatic carbocycles. The van der Waals surface area contributed by atoms with E-state index in [0.717, 1.165) is 54.6 Å². The monoisotopic (exact) mass is 584 g/mol. The van der Waals surface area contributed by atoms with E-state index in [9.17, 15) is 4.79 Å². The lowest BCUT2D eigenvalue weighted by Crippen LogP contribution is -2.48. The molecule has 3 rings (SSSR count). The molecule has 2 unspecified atom stereocenters. The van der Waals surface area contributed by atoms with Crippen molar-refractivity contribution in [1.82, 2.24) is 15.3 Å². The van der Waals surface area contributed by atoms with Gasteiger partial charge in [-0.25, -0.2) is 4.98 Å². The highest BCUT2D eigenvalue weighted by molar-refractivity contribution is 9.15. The molecule has 2 atom stereocenters. The summed E-state index contributed by atoms with van der Waals surface area (Å²) in [6.07, 6.45) is 4.29. The molecule has 1 fully saturated rings. The van der Waals surface area contributed by atoms with E-state index in [2.05, 4.69) is 84.3 Å². The predicted octanol–water partition coefficient (Wildman–Crippen LogP) is 5.47. The number of fused-ring (bicyclic) bond motifs is 1. The minimum absolute atomic E-state index is 0.0108. The first-order chi connectivity index (χ1) is 11.4. The highest BCUT2D eigenvalue weighted by atomic mass is 79.9. The van der Waals surface area contributed by atoms with E-state index in [1.54, 1.807) is 6.92 Å². The lowest BCUT2D eigenvalue weighted by atomic mass is 9.90. The van der Waals surface area contributed by atoms with Crippen LogP contribution in [-0.2, 0) is 4.79 Å². The van der Waals surface area contributed by atoms with Crippen LogP contribution < -0.4 is 10.6 Å². The summed E-state index contributed by atoms with van der Waals surface area (Å²) in [7, 11) is 0. The Balaban J connectivity index is 1.91. The molecule has 0 bridgehead atoms. The Labute approximate surface area is 173 Å². The Kier molecular flexibility index (Phi) is 5.94. The zero-order valence-electron chi connectivity index (χ0n) is 12.9. The van der Waals surface area contributed by atoms with Gasteiger partial charge in [0.2, 0.25) is 11.9 Å². The topological polar surface area (TPSA) is 69.8 Å². The molecular weight excluding hydrogens is 572 g/mol. The van der Waals surface area contributed by atoms with Gasteiger partial charge in [0.05, 0.1) is 14.5 Å². The number of halogens is 4. The molecule has 5 nitrogen and oxygen atoms in total. The molecule has 9 heteroatoms. The third-order valence-electron chi connectivity index (χ3n) is 4.19. The second-order valence-electron chi connectivity index (χ2n) is 5.91. The lowest BCUT2D eigenvalue weighted by Gasteiger charge is -2.32. The van der Waals surface area contributed by atoms with Gasteiger partial charge in [0.25, 0.3) is 0 Å². The summed E-state index contributed by atoms with van der Waals surface area (Å²) < 4.78 is 3.63. The number of nitrogens with one attached hydrogen (secondary N) is 3. The maximum atomic E-state index is 11.4. The molecule has 0 aliphatic heterocycles. The number of H-pyrrole nitrogens is 1. The predicted molar refractivity (Wildman–Crippen MR) is 110 cm³/mol. The second-order valence-corrected chi connectivity index (χ2v) is 9.08. The first kappa shape index (κ1) is 18.7. The van der Waals surface area contributed by atoms with Crippen molar-refractivity contribution in [2.45, 2.75) is 44.7 Å². The molecule has 1 amide bonds. The van der Waals surface area contributed by atoms with Crippen molar-refractivity contribution < 1.29 is 4.79 Å². The molecule has 2 aromatic rings. The van der Waals surface area contributed by atoms with Crippen LogP contribution in [0.2, 0.25) is 0 Å². The van der Waals surface area contributed by atoms with Gasteiger partial charge in [-0.1, -0.05) is 12.8 Å². The van der Waals surface area contributed by atoms with Gasteiger partial charge in [-0.05, 0) is 76.6 Å². The molecule has 24 heavy (non-hydrogen) atoms. The zero-order valence-corrected chi connectivity index (χ0v) is 19.2. The quantitative estimate of drug-likeness (QED) is 0.329. The van der Waals surface area contributed by atoms with Crippen molar-refractivity contribution >= 4 is 86.6 Å². The number of amides is 1. The van der Waals surface area contributed by atoms with Crippen molar-refractivity contribution in [1.29, 1.82) is 0 Å². The van der Waals surface area contributed by atoms with Crippen molar-refractivity contribution in [2.75, 3.05) is 5.32 Å². The van der Waals surface area contributed by atoms with Crippen molar-refractivity contribution in [3.63, 3.8) is 0 Å². The standard InChI is InChI=1S/C15H16Br4N4O/c1-6(24)20-7-4-2-3-5-8(7)21-15-22-13-11(18)9(16)10(17)12(19)14(13)23-15/h7-8H,2-5H2,1H3,(H,20,24)(H2,21,22,23). The highest BCUT2D eigenvalue weighted by Crippen LogP contribution is 2.43. The molecule has 1 saturated carbocycles. The molecule has 0 radical (unpaired) electrons. The summed E-state index contributed by atoms with van der Waals surface area (Å²) in [5, 5.41) is 6.52. The van der Waals surface area contributed by atoms with E-state index in [0.29, 0.717) is 5.95 Å². The zero-order chi connectivity index (χ0) is 17.4. The fraction of sp³-hybridized carbons (Fsp3) is 0.467. The number of hydrogen-bond donors (Lipinski definition) is 3. The molecule has 0 spiro atoms. The van der Waals surface area contributed by atoms with E-state index in [4.69, 9.17) is 0 Å². The molecule has 130 valence electrons. The third-order valence-corrected chi connectivity index (χ3v) is 8.93. The SMILES string of the molecule is CC(=O)NC1CCCCC1Nc1nc2c(Br)c(Br)c(Br)c(Br)c2[nH]1. The van der Waals surface area contributed by atoms with Gasteiger partial charge in [0.1, 0.15) is 5.52 Å². The molecule has 1 heterocycles. The maximum absolute atomic E-state index is 11.4. The molecule has 1 aromatic heterocycles. The third kappa shape index (κ3) is 3.68. The van der Waals surface area contributed by atoms with Crippen LogP contribution in [0.1, 0.15) is 32.6 Å². The number of anilines is 1. The molecule has 1 aromatic carbocycles. The Morgan fingerprint density at radius 2 is 1.67 bits per heavy atom. The number of carbonyl (C=O) groups is 1. The van der Waals surface area contributed by atoms with Crippen molar-refractivity contribution in [3.05, 3.63) is 17.9 Å². The Morgan fingerprint density at radius 1 is 1.04 bits per heavy atom. The van der Waals surface area contributed by atoms with Gasteiger partial charge < -0.3 is 15.6 Å². The number of hydrogen-bond acceptors (Lipinski definition) is 3. The van der Waals surface area contributed by atoms with Crippen LogP contribution in [0, 0.1) is 0 Å². The van der Waals surface area contributed by atoms with Crippen LogP contribution in [0.4, 0.5) is 5.95 Å². The second kappa shape index (κ2) is 7.63. The summed E-state index contributed by atoms with van der Waals surface area (Å²) in [6.45, 7) is 1.57. The average Bonchev–Trinajstić information content (AvgIpc) is 2.96. The van der Waals surface area contributed by atoms with Gasteiger partial charge in [0, 0.05) is 28.0 Å². The first-order valence-corrected chi connectivity index (χ1v) is 10.8. The van der Waals surface area contributed by atoms with Crippen LogP contribution in [0.25, 0.3) is 11.0 Å². The normalized spacial score (nSPS) is 21.0. The number of carbonyl (C=O) groups excluding carboxylic acids is 1. The van der Waals surface area contributed by atoms with Gasteiger partial charge in [0.15, 0.2) is 0 Å². The molecule has 3 N–H and O–H groups in total. The summed E-state index contributed by atoms with van der Waals surface area (Å²) in [5.74, 6) is 0.718. The van der Waals surface area contributed by atoms with Crippen molar-refractivity contribution in [3.8, 4) is 0 Å². The van der Waals surface area contributed by atoms with Gasteiger partial charge in [-0.3, -0.25) is 4.79 Å². The molecular formula is C15H16Br4N4O. The summed E-state index contributed by atoms with van der Waals surface area (Å²) in [5.41, 5.74) is 1.75. The fourth-order valence-corrected chi connectivity index (χ4v) is 5.36. The number of rotatable bonds is 3. The number of aromatic amines is 1. The number of benzene rings is 1. The summed E-state index contributed by atoms with van der Waals surface area (Å²) in [4.78, 5) is 19.4. The van der Waals surface area contributed by atoms with E-state index in [1.807, 2.05) is 0 Å². The Morgan fingerprint density at radius 3 is 2.33 bits per heavy atom. The lowest BCUT2D eigenvalue weighted by molar-refractivity contribution is -0.119. The number of aromatic nitrogens is 2. The maximum Gasteiger partial charge on any atom is 0.217 e. The summed E-state index contributed by atoms with van der Waals surface area (Å²) in [6, 6.07) is 0.308.